The molecular formula is C18H29NO2. The fourth-order valence-corrected chi connectivity index (χ4v) is 1.87. The van der Waals surface area contributed by atoms with Crippen molar-refractivity contribution in [3.8, 4) is 5.75 Å². The molecule has 3 nitrogen and oxygen atoms in total. The molecule has 0 heterocycles. The van der Waals surface area contributed by atoms with E-state index in [1.165, 1.54) is 25.7 Å². The third-order valence-corrected chi connectivity index (χ3v) is 3.32. The lowest BCUT2D eigenvalue weighted by atomic mass is 10.1. The quantitative estimate of drug-likeness (QED) is 0.227. The van der Waals surface area contributed by atoms with E-state index in [2.05, 4.69) is 6.92 Å². The predicted molar refractivity (Wildman–Crippen MR) is 89.2 cm³/mol. The summed E-state index contributed by atoms with van der Waals surface area (Å²) >= 11 is 0. The first-order valence-electron chi connectivity index (χ1n) is 7.97. The lowest BCUT2D eigenvalue weighted by Gasteiger charge is -2.18. The molecule has 1 aromatic carbocycles. The molecule has 0 aliphatic rings. The molecule has 1 aromatic rings. The minimum Gasteiger partial charge on any atom is -0.623 e. The Balaban J connectivity index is 2.41. The summed E-state index contributed by atoms with van der Waals surface area (Å²) in [6.07, 6.45) is 7.82. The molecule has 3 heteroatoms. The van der Waals surface area contributed by atoms with Crippen molar-refractivity contribution in [1.82, 2.24) is 0 Å². The molecule has 1 rings (SSSR count). The molecular weight excluding hydrogens is 262 g/mol. The number of unbranched alkanes of at least 4 members (excludes halogenated alkanes) is 4. The van der Waals surface area contributed by atoms with Gasteiger partial charge in [-0.15, -0.1) is 0 Å². The van der Waals surface area contributed by atoms with Gasteiger partial charge in [0.2, 0.25) is 0 Å². The van der Waals surface area contributed by atoms with Crippen LogP contribution in [0.1, 0.15) is 65.4 Å². The van der Waals surface area contributed by atoms with Crippen LogP contribution in [0.15, 0.2) is 24.3 Å². The van der Waals surface area contributed by atoms with Gasteiger partial charge in [-0.3, -0.25) is 0 Å². The van der Waals surface area contributed by atoms with Gasteiger partial charge in [0.25, 0.3) is 0 Å². The fraction of sp³-hybridized carbons (Fsp3) is 0.611. The lowest BCUT2D eigenvalue weighted by molar-refractivity contribution is -0.530. The van der Waals surface area contributed by atoms with Gasteiger partial charge in [0, 0.05) is 26.3 Å². The highest BCUT2D eigenvalue weighted by molar-refractivity contribution is 5.76. The molecule has 0 radical (unpaired) electrons. The standard InChI is InChI=1S/C18H29NO2/c1-5-6-7-8-9-14-21-17-12-10-16(11-13-17)15-19(20)18(2,3)4/h10-13,15H,5-9,14H2,1-4H3. The van der Waals surface area contributed by atoms with Crippen LogP contribution in [0.5, 0.6) is 5.75 Å². The van der Waals surface area contributed by atoms with Crippen LogP contribution < -0.4 is 4.74 Å². The molecule has 0 N–H and O–H groups in total. The normalized spacial score (nSPS) is 12.5. The summed E-state index contributed by atoms with van der Waals surface area (Å²) in [6.45, 7) is 8.67. The van der Waals surface area contributed by atoms with Crippen LogP contribution >= 0.6 is 0 Å². The number of rotatable bonds is 8. The highest BCUT2D eigenvalue weighted by Crippen LogP contribution is 2.13. The van der Waals surface area contributed by atoms with Crippen molar-refractivity contribution >= 4 is 6.21 Å². The van der Waals surface area contributed by atoms with Gasteiger partial charge >= 0.3 is 0 Å². The van der Waals surface area contributed by atoms with Gasteiger partial charge in [-0.2, -0.15) is 0 Å². The zero-order valence-electron chi connectivity index (χ0n) is 13.9. The van der Waals surface area contributed by atoms with E-state index < -0.39 is 5.54 Å². The number of ether oxygens (including phenoxy) is 1. The second-order valence-corrected chi connectivity index (χ2v) is 6.46. The number of hydrogen-bond donors (Lipinski definition) is 0. The molecule has 0 fully saturated rings. The molecule has 0 unspecified atom stereocenters. The zero-order chi connectivity index (χ0) is 15.7. The monoisotopic (exact) mass is 291 g/mol. The third kappa shape index (κ3) is 7.16. The molecule has 0 spiro atoms. The molecule has 0 aliphatic heterocycles. The second kappa shape index (κ2) is 8.71. The van der Waals surface area contributed by atoms with Crippen molar-refractivity contribution in [2.75, 3.05) is 6.61 Å². The summed E-state index contributed by atoms with van der Waals surface area (Å²) in [7, 11) is 0. The summed E-state index contributed by atoms with van der Waals surface area (Å²) in [4.78, 5) is 0. The van der Waals surface area contributed by atoms with Gasteiger partial charge in [0.15, 0.2) is 11.8 Å². The van der Waals surface area contributed by atoms with Crippen molar-refractivity contribution in [2.24, 2.45) is 0 Å². The van der Waals surface area contributed by atoms with E-state index in [9.17, 15) is 5.21 Å². The minimum atomic E-state index is -0.409. The van der Waals surface area contributed by atoms with E-state index in [1.807, 2.05) is 45.0 Å². The van der Waals surface area contributed by atoms with E-state index in [1.54, 1.807) is 6.21 Å². The number of hydroxylamine groups is 1. The van der Waals surface area contributed by atoms with Crippen molar-refractivity contribution in [3.63, 3.8) is 0 Å². The first kappa shape index (κ1) is 17.5. The summed E-state index contributed by atoms with van der Waals surface area (Å²) in [5.74, 6) is 0.871. The fourth-order valence-electron chi connectivity index (χ4n) is 1.87. The Morgan fingerprint density at radius 3 is 2.24 bits per heavy atom. The molecule has 0 aliphatic carbocycles. The Labute approximate surface area is 129 Å². The first-order valence-corrected chi connectivity index (χ1v) is 7.97. The maximum atomic E-state index is 11.8. The molecule has 118 valence electrons. The average Bonchev–Trinajstić information content (AvgIpc) is 2.43. The molecule has 0 saturated heterocycles. The van der Waals surface area contributed by atoms with Gasteiger partial charge in [-0.25, -0.2) is 4.74 Å². The maximum absolute atomic E-state index is 11.8. The van der Waals surface area contributed by atoms with Crippen LogP contribution in [0.25, 0.3) is 0 Å². The Hall–Kier alpha value is -1.51. The predicted octanol–water partition coefficient (Wildman–Crippen LogP) is 4.76. The SMILES string of the molecule is CCCCCCCOc1ccc(C=[N+]([O-])C(C)(C)C)cc1. The summed E-state index contributed by atoms with van der Waals surface area (Å²) in [6, 6.07) is 7.69. The average molecular weight is 291 g/mol. The Kier molecular flexibility index (Phi) is 7.27. The Bertz CT molecular complexity index is 430. The van der Waals surface area contributed by atoms with Gasteiger partial charge in [-0.1, -0.05) is 32.6 Å². The number of benzene rings is 1. The van der Waals surface area contributed by atoms with E-state index in [-0.39, 0.29) is 0 Å². The van der Waals surface area contributed by atoms with Crippen LogP contribution in [0, 0.1) is 5.21 Å². The summed E-state index contributed by atoms with van der Waals surface area (Å²) in [5.41, 5.74) is 0.489. The van der Waals surface area contributed by atoms with Crippen LogP contribution in [-0.4, -0.2) is 23.1 Å². The van der Waals surface area contributed by atoms with E-state index >= 15 is 0 Å². The highest BCUT2D eigenvalue weighted by Gasteiger charge is 2.17. The molecule has 0 amide bonds. The molecule has 21 heavy (non-hydrogen) atoms. The van der Waals surface area contributed by atoms with E-state index in [4.69, 9.17) is 4.74 Å². The van der Waals surface area contributed by atoms with Gasteiger partial charge in [0.1, 0.15) is 5.75 Å². The maximum Gasteiger partial charge on any atom is 0.182 e. The smallest absolute Gasteiger partial charge is 0.182 e. The first-order chi connectivity index (χ1) is 9.93. The van der Waals surface area contributed by atoms with Gasteiger partial charge in [-0.05, 0) is 30.7 Å². The summed E-state index contributed by atoms with van der Waals surface area (Å²) in [5, 5.41) is 11.8. The number of nitrogens with zero attached hydrogens (tertiary/aromatic N) is 1. The minimum absolute atomic E-state index is 0.409. The topological polar surface area (TPSA) is 35.3 Å². The Morgan fingerprint density at radius 2 is 1.67 bits per heavy atom. The third-order valence-electron chi connectivity index (χ3n) is 3.32. The van der Waals surface area contributed by atoms with Crippen LogP contribution in [-0.2, 0) is 0 Å². The zero-order valence-corrected chi connectivity index (χ0v) is 13.9. The van der Waals surface area contributed by atoms with Crippen LogP contribution in [0.2, 0.25) is 0 Å². The van der Waals surface area contributed by atoms with E-state index in [0.717, 1.165) is 29.1 Å². The number of hydrogen-bond acceptors (Lipinski definition) is 2. The highest BCUT2D eigenvalue weighted by atomic mass is 16.5. The van der Waals surface area contributed by atoms with Gasteiger partial charge in [0.05, 0.1) is 6.61 Å². The molecule has 0 saturated carbocycles. The van der Waals surface area contributed by atoms with E-state index in [0.29, 0.717) is 0 Å². The van der Waals surface area contributed by atoms with Crippen molar-refractivity contribution in [3.05, 3.63) is 35.0 Å². The molecule has 0 bridgehead atoms. The van der Waals surface area contributed by atoms with Crippen molar-refractivity contribution in [2.45, 2.75) is 65.3 Å². The van der Waals surface area contributed by atoms with Gasteiger partial charge < -0.3 is 9.94 Å². The molecule has 0 aromatic heterocycles. The largest absolute Gasteiger partial charge is 0.623 e. The van der Waals surface area contributed by atoms with Crippen molar-refractivity contribution < 1.29 is 9.48 Å². The van der Waals surface area contributed by atoms with Crippen molar-refractivity contribution in [1.29, 1.82) is 0 Å². The van der Waals surface area contributed by atoms with Crippen LogP contribution in [0.3, 0.4) is 0 Å². The molecule has 0 atom stereocenters. The lowest BCUT2D eigenvalue weighted by Crippen LogP contribution is -2.29. The summed E-state index contributed by atoms with van der Waals surface area (Å²) < 4.78 is 6.69. The van der Waals surface area contributed by atoms with Crippen LogP contribution in [0.4, 0.5) is 0 Å². The second-order valence-electron chi connectivity index (χ2n) is 6.46. The Morgan fingerprint density at radius 1 is 1.05 bits per heavy atom.